The lowest BCUT2D eigenvalue weighted by molar-refractivity contribution is -0.140. The summed E-state index contributed by atoms with van der Waals surface area (Å²) in [6.07, 6.45) is -4.90. The first kappa shape index (κ1) is 17.9. The maximum Gasteiger partial charge on any atom is 0.419 e. The first-order chi connectivity index (χ1) is 11.2. The molecule has 2 rings (SSSR count). The lowest BCUT2D eigenvalue weighted by atomic mass is 10.2. The van der Waals surface area contributed by atoms with E-state index in [1.54, 1.807) is 6.07 Å². The Hall–Kier alpha value is -2.42. The van der Waals surface area contributed by atoms with Gasteiger partial charge in [-0.1, -0.05) is 0 Å². The van der Waals surface area contributed by atoms with Crippen LogP contribution in [-0.2, 0) is 22.3 Å². The molecule has 0 unspecified atom stereocenters. The molecule has 0 saturated carbocycles. The smallest absolute Gasteiger partial charge is 0.343 e. The second-order valence-corrected chi connectivity index (χ2v) is 6.21. The van der Waals surface area contributed by atoms with Gasteiger partial charge in [-0.15, -0.1) is 11.3 Å². The Morgan fingerprint density at radius 1 is 1.12 bits per heavy atom. The summed E-state index contributed by atoms with van der Waals surface area (Å²) in [6, 6.07) is 5.59. The lowest BCUT2D eigenvalue weighted by Gasteiger charge is -2.11. The van der Waals surface area contributed by atoms with E-state index in [-0.39, 0.29) is 12.2 Å². The molecule has 0 bridgehead atoms. The third kappa shape index (κ3) is 4.54. The number of thiophene rings is 1. The van der Waals surface area contributed by atoms with Crippen LogP contribution in [0.25, 0.3) is 0 Å². The van der Waals surface area contributed by atoms with E-state index in [4.69, 9.17) is 0 Å². The largest absolute Gasteiger partial charge is 0.419 e. The van der Waals surface area contributed by atoms with Crippen molar-refractivity contribution in [3.63, 3.8) is 0 Å². The summed E-state index contributed by atoms with van der Waals surface area (Å²) in [7, 11) is 0. The minimum absolute atomic E-state index is 0.127. The quantitative estimate of drug-likeness (QED) is 0.651. The van der Waals surface area contributed by atoms with Crippen molar-refractivity contribution in [2.24, 2.45) is 0 Å². The number of benzene rings is 1. The third-order valence-corrected chi connectivity index (χ3v) is 3.96. The highest BCUT2D eigenvalue weighted by molar-refractivity contribution is 7.11. The number of anilines is 1. The molecule has 0 aliphatic heterocycles. The number of hydrogen-bond donors (Lipinski definition) is 2. The second-order valence-electron chi connectivity index (χ2n) is 4.84. The molecule has 0 spiro atoms. The van der Waals surface area contributed by atoms with Crippen LogP contribution >= 0.6 is 11.3 Å². The topological polar surface area (TPSA) is 58.2 Å². The predicted octanol–water partition coefficient (Wildman–Crippen LogP) is 3.47. The SMILES string of the molecule is Cc1ccc(CNC(=O)C(=O)Nc2ccc(F)c(C(F)(F)F)c2)s1. The Bertz CT molecular complexity index is 771. The van der Waals surface area contributed by atoms with Crippen LogP contribution in [0.5, 0.6) is 0 Å². The maximum atomic E-state index is 13.2. The fraction of sp³-hybridized carbons (Fsp3) is 0.200. The number of nitrogens with one attached hydrogen (secondary N) is 2. The Kier molecular flexibility index (Phi) is 5.23. The van der Waals surface area contributed by atoms with E-state index in [1.807, 2.05) is 18.3 Å². The van der Waals surface area contributed by atoms with E-state index in [0.717, 1.165) is 15.8 Å². The average molecular weight is 360 g/mol. The molecule has 9 heteroatoms. The van der Waals surface area contributed by atoms with Gasteiger partial charge in [-0.05, 0) is 37.3 Å². The van der Waals surface area contributed by atoms with Crippen molar-refractivity contribution in [3.05, 3.63) is 51.5 Å². The van der Waals surface area contributed by atoms with Crippen LogP contribution in [0.3, 0.4) is 0 Å². The second kappa shape index (κ2) is 7.00. The lowest BCUT2D eigenvalue weighted by Crippen LogP contribution is -2.34. The van der Waals surface area contributed by atoms with Crippen molar-refractivity contribution in [1.29, 1.82) is 0 Å². The van der Waals surface area contributed by atoms with Gasteiger partial charge in [0.25, 0.3) is 0 Å². The van der Waals surface area contributed by atoms with Gasteiger partial charge in [0.2, 0.25) is 0 Å². The Morgan fingerprint density at radius 2 is 1.83 bits per heavy atom. The van der Waals surface area contributed by atoms with Gasteiger partial charge in [-0.2, -0.15) is 13.2 Å². The van der Waals surface area contributed by atoms with Crippen molar-refractivity contribution >= 4 is 28.8 Å². The molecule has 0 fully saturated rings. The monoisotopic (exact) mass is 360 g/mol. The molecule has 2 aromatic rings. The summed E-state index contributed by atoms with van der Waals surface area (Å²) < 4.78 is 51.0. The van der Waals surface area contributed by atoms with Gasteiger partial charge in [-0.3, -0.25) is 9.59 Å². The summed E-state index contributed by atoms with van der Waals surface area (Å²) in [5.41, 5.74) is -1.84. The van der Waals surface area contributed by atoms with Gasteiger partial charge in [0.05, 0.1) is 12.1 Å². The van der Waals surface area contributed by atoms with Crippen LogP contribution in [0.4, 0.5) is 23.2 Å². The third-order valence-electron chi connectivity index (χ3n) is 2.96. The summed E-state index contributed by atoms with van der Waals surface area (Å²) >= 11 is 1.44. The van der Waals surface area contributed by atoms with Crippen LogP contribution in [0, 0.1) is 12.7 Å². The molecule has 2 amide bonds. The molecule has 0 saturated heterocycles. The minimum atomic E-state index is -4.90. The normalized spacial score (nSPS) is 11.2. The summed E-state index contributed by atoms with van der Waals surface area (Å²) in [5.74, 6) is -3.60. The van der Waals surface area contributed by atoms with Gasteiger partial charge in [0.15, 0.2) is 0 Å². The van der Waals surface area contributed by atoms with E-state index in [1.165, 1.54) is 11.3 Å². The fourth-order valence-corrected chi connectivity index (χ4v) is 2.67. The molecule has 1 heterocycles. The zero-order valence-electron chi connectivity index (χ0n) is 12.3. The maximum absolute atomic E-state index is 13.2. The van der Waals surface area contributed by atoms with E-state index in [2.05, 4.69) is 5.32 Å². The standard InChI is InChI=1S/C15H12F4N2O2S/c1-8-2-4-10(24-8)7-20-13(22)14(23)21-9-3-5-12(16)11(6-9)15(17,18)19/h2-6H,7H2,1H3,(H,20,22)(H,21,23). The van der Waals surface area contributed by atoms with E-state index < -0.39 is 29.4 Å². The first-order valence-electron chi connectivity index (χ1n) is 6.68. The molecular formula is C15H12F4N2O2S. The van der Waals surface area contributed by atoms with Crippen LogP contribution in [0.2, 0.25) is 0 Å². The molecule has 4 nitrogen and oxygen atoms in total. The first-order valence-corrected chi connectivity index (χ1v) is 7.49. The number of amides is 2. The molecule has 0 atom stereocenters. The van der Waals surface area contributed by atoms with Crippen molar-refractivity contribution in [2.75, 3.05) is 5.32 Å². The number of halogens is 4. The van der Waals surface area contributed by atoms with Gasteiger partial charge in [0, 0.05) is 15.4 Å². The van der Waals surface area contributed by atoms with Gasteiger partial charge in [-0.25, -0.2) is 4.39 Å². The average Bonchev–Trinajstić information content (AvgIpc) is 2.91. The highest BCUT2D eigenvalue weighted by Crippen LogP contribution is 2.32. The fourth-order valence-electron chi connectivity index (χ4n) is 1.84. The van der Waals surface area contributed by atoms with Crippen LogP contribution < -0.4 is 10.6 Å². The molecule has 1 aromatic carbocycles. The van der Waals surface area contributed by atoms with Gasteiger partial charge >= 0.3 is 18.0 Å². The minimum Gasteiger partial charge on any atom is -0.343 e. The summed E-state index contributed by atoms with van der Waals surface area (Å²) in [6.45, 7) is 2.01. The molecular weight excluding hydrogens is 348 g/mol. The van der Waals surface area contributed by atoms with E-state index in [9.17, 15) is 27.2 Å². The Morgan fingerprint density at radius 3 is 2.42 bits per heavy atom. The highest BCUT2D eigenvalue weighted by atomic mass is 32.1. The molecule has 0 radical (unpaired) electrons. The zero-order chi connectivity index (χ0) is 17.9. The number of carbonyl (C=O) groups is 2. The predicted molar refractivity (Wildman–Crippen MR) is 80.9 cm³/mol. The zero-order valence-corrected chi connectivity index (χ0v) is 13.1. The van der Waals surface area contributed by atoms with Crippen molar-refractivity contribution in [2.45, 2.75) is 19.6 Å². The van der Waals surface area contributed by atoms with Crippen LogP contribution in [0.15, 0.2) is 30.3 Å². The van der Waals surface area contributed by atoms with Crippen LogP contribution in [0.1, 0.15) is 15.3 Å². The Labute approximate surface area is 138 Å². The van der Waals surface area contributed by atoms with Crippen molar-refractivity contribution < 1.29 is 27.2 Å². The van der Waals surface area contributed by atoms with E-state index in [0.29, 0.717) is 12.1 Å². The van der Waals surface area contributed by atoms with Gasteiger partial charge in [0.1, 0.15) is 5.82 Å². The molecule has 0 aliphatic rings. The summed E-state index contributed by atoms with van der Waals surface area (Å²) in [4.78, 5) is 25.2. The van der Waals surface area contributed by atoms with Crippen LogP contribution in [-0.4, -0.2) is 11.8 Å². The van der Waals surface area contributed by atoms with Crippen molar-refractivity contribution in [3.8, 4) is 0 Å². The number of aryl methyl sites for hydroxylation is 1. The summed E-state index contributed by atoms with van der Waals surface area (Å²) in [5, 5.41) is 4.36. The number of hydrogen-bond acceptors (Lipinski definition) is 3. The Balaban J connectivity index is 2.00. The van der Waals surface area contributed by atoms with Gasteiger partial charge < -0.3 is 10.6 Å². The number of alkyl halides is 3. The highest BCUT2D eigenvalue weighted by Gasteiger charge is 2.34. The number of carbonyl (C=O) groups excluding carboxylic acids is 2. The molecule has 24 heavy (non-hydrogen) atoms. The van der Waals surface area contributed by atoms with Crippen molar-refractivity contribution in [1.82, 2.24) is 5.32 Å². The molecule has 0 aliphatic carbocycles. The van der Waals surface area contributed by atoms with E-state index >= 15 is 0 Å². The number of rotatable bonds is 3. The molecule has 2 N–H and O–H groups in total. The molecule has 128 valence electrons. The molecule has 1 aromatic heterocycles.